The average Bonchev–Trinajstić information content (AvgIpc) is 3.70. The number of rotatable bonds is 12. The zero-order chi connectivity index (χ0) is 35.5. The Hall–Kier alpha value is -3.67. The van der Waals surface area contributed by atoms with Crippen molar-refractivity contribution < 1.29 is 33.5 Å². The summed E-state index contributed by atoms with van der Waals surface area (Å²) < 4.78 is 5.96. The lowest BCUT2D eigenvalue weighted by Gasteiger charge is -2.36. The predicted octanol–water partition coefficient (Wildman–Crippen LogP) is 4.27. The first kappa shape index (κ1) is 36.6. The van der Waals surface area contributed by atoms with Gasteiger partial charge in [0.15, 0.2) is 5.60 Å². The fourth-order valence-corrected chi connectivity index (χ4v) is 7.41. The molecule has 1 aromatic rings. The summed E-state index contributed by atoms with van der Waals surface area (Å²) in [4.78, 5) is 83.9. The molecular weight excluding hydrogens is 650 g/mol. The lowest BCUT2D eigenvalue weighted by Crippen LogP contribution is -2.59. The van der Waals surface area contributed by atoms with E-state index >= 15 is 0 Å². The summed E-state index contributed by atoms with van der Waals surface area (Å²) in [6.07, 6.45) is 7.30. The Kier molecular flexibility index (Phi) is 11.3. The molecule has 2 saturated heterocycles. The fraction of sp³-hybridized carbons (Fsp3) is 0.667. The van der Waals surface area contributed by atoms with Crippen molar-refractivity contribution >= 4 is 52.8 Å². The summed E-state index contributed by atoms with van der Waals surface area (Å²) in [6.45, 7) is 7.34. The minimum atomic E-state index is -1.25. The quantitative estimate of drug-likeness (QED) is 0.276. The zero-order valence-electron chi connectivity index (χ0n) is 29.0. The summed E-state index contributed by atoms with van der Waals surface area (Å²) >= 11 is 6.21. The molecule has 2 saturated carbocycles. The molecule has 268 valence electrons. The summed E-state index contributed by atoms with van der Waals surface area (Å²) in [5.41, 5.74) is -1.46. The predicted molar refractivity (Wildman–Crippen MR) is 184 cm³/mol. The Labute approximate surface area is 293 Å². The van der Waals surface area contributed by atoms with E-state index in [2.05, 4.69) is 16.0 Å². The molecule has 12 nitrogen and oxygen atoms in total. The zero-order valence-corrected chi connectivity index (χ0v) is 29.8. The standard InChI is InChI=1S/C36H50ClN5O7/c1-5-10-26(29(44)32(46)38-24-15-16-24)39-31(45)27-19-36(20-41(34(48)49-36)25-14-9-13-23(37)18-25)21-42(27)33(47)30(35(2,3)4)40-28(43)17-22-11-7-6-8-12-22/h9,13-14,18,22,24,26-27,30H,5-8,10-12,15-17,19-21H2,1-4H3,(H,38,46)(H,39,45)(H,40,43)/t26-,27-,30+,36+/m0/s1. The van der Waals surface area contributed by atoms with Crippen molar-refractivity contribution in [2.75, 3.05) is 18.0 Å². The number of likely N-dealkylation sites (tertiary alicyclic amines) is 1. The highest BCUT2D eigenvalue weighted by atomic mass is 35.5. The first-order chi connectivity index (χ1) is 23.2. The van der Waals surface area contributed by atoms with E-state index in [1.54, 1.807) is 24.3 Å². The number of ketones is 1. The highest BCUT2D eigenvalue weighted by Gasteiger charge is 2.58. The third-order valence-electron chi connectivity index (χ3n) is 10.0. The number of anilines is 1. The number of amides is 5. The molecular formula is C36H50ClN5O7. The van der Waals surface area contributed by atoms with Gasteiger partial charge in [-0.05, 0) is 61.6 Å². The Bertz CT molecular complexity index is 1450. The van der Waals surface area contributed by atoms with Crippen molar-refractivity contribution in [1.82, 2.24) is 20.9 Å². The van der Waals surface area contributed by atoms with Crippen LogP contribution in [0.5, 0.6) is 0 Å². The van der Waals surface area contributed by atoms with Gasteiger partial charge in [0.05, 0.1) is 19.1 Å². The van der Waals surface area contributed by atoms with Crippen LogP contribution in [0, 0.1) is 11.3 Å². The Balaban J connectivity index is 1.40. The maximum Gasteiger partial charge on any atom is 0.415 e. The topological polar surface area (TPSA) is 154 Å². The highest BCUT2D eigenvalue weighted by Crippen LogP contribution is 2.40. The van der Waals surface area contributed by atoms with Crippen molar-refractivity contribution in [1.29, 1.82) is 0 Å². The first-order valence-electron chi connectivity index (χ1n) is 17.7. The molecule has 49 heavy (non-hydrogen) atoms. The molecule has 2 aliphatic carbocycles. The third kappa shape index (κ3) is 8.93. The van der Waals surface area contributed by atoms with Crippen molar-refractivity contribution in [2.45, 2.75) is 128 Å². The largest absolute Gasteiger partial charge is 0.439 e. The lowest BCUT2D eigenvalue weighted by molar-refractivity contribution is -0.145. The van der Waals surface area contributed by atoms with Gasteiger partial charge in [0.2, 0.25) is 23.5 Å². The van der Waals surface area contributed by atoms with E-state index in [1.807, 2.05) is 27.7 Å². The molecule has 4 fully saturated rings. The minimum Gasteiger partial charge on any atom is -0.439 e. The van der Waals surface area contributed by atoms with E-state index in [-0.39, 0.29) is 43.8 Å². The number of hydrogen-bond acceptors (Lipinski definition) is 7. The van der Waals surface area contributed by atoms with Gasteiger partial charge in [-0.1, -0.05) is 71.0 Å². The number of nitrogens with one attached hydrogen (secondary N) is 3. The number of ether oxygens (including phenoxy) is 1. The number of carbonyl (C=O) groups is 6. The number of halogens is 1. The molecule has 2 aliphatic heterocycles. The summed E-state index contributed by atoms with van der Waals surface area (Å²) in [5.74, 6) is -2.55. The molecule has 0 radical (unpaired) electrons. The lowest BCUT2D eigenvalue weighted by atomic mass is 9.84. The van der Waals surface area contributed by atoms with Gasteiger partial charge in [-0.25, -0.2) is 4.79 Å². The highest BCUT2D eigenvalue weighted by molar-refractivity contribution is 6.38. The van der Waals surface area contributed by atoms with Gasteiger partial charge in [-0.3, -0.25) is 28.9 Å². The van der Waals surface area contributed by atoms with Gasteiger partial charge in [0.25, 0.3) is 5.91 Å². The van der Waals surface area contributed by atoms with E-state index in [1.165, 1.54) is 9.80 Å². The first-order valence-corrected chi connectivity index (χ1v) is 18.1. The van der Waals surface area contributed by atoms with Crippen LogP contribution in [0.15, 0.2) is 24.3 Å². The molecule has 0 aromatic heterocycles. The molecule has 5 amide bonds. The van der Waals surface area contributed by atoms with E-state index in [9.17, 15) is 28.8 Å². The van der Waals surface area contributed by atoms with Crippen molar-refractivity contribution in [3.8, 4) is 0 Å². The molecule has 4 aliphatic rings. The Morgan fingerprint density at radius 1 is 1.02 bits per heavy atom. The van der Waals surface area contributed by atoms with Crippen LogP contribution in [0.3, 0.4) is 0 Å². The van der Waals surface area contributed by atoms with Crippen molar-refractivity contribution in [2.24, 2.45) is 11.3 Å². The molecule has 1 spiro atoms. The van der Waals surface area contributed by atoms with Crippen LogP contribution in [0.2, 0.25) is 5.02 Å². The maximum atomic E-state index is 14.6. The summed E-state index contributed by atoms with van der Waals surface area (Å²) in [5, 5.41) is 8.87. The van der Waals surface area contributed by atoms with Gasteiger partial charge in [-0.15, -0.1) is 0 Å². The van der Waals surface area contributed by atoms with Gasteiger partial charge in [0, 0.05) is 29.6 Å². The number of hydrogen-bond donors (Lipinski definition) is 3. The summed E-state index contributed by atoms with van der Waals surface area (Å²) in [7, 11) is 0. The second-order valence-corrected chi connectivity index (χ2v) is 15.8. The average molecular weight is 700 g/mol. The molecule has 3 N–H and O–H groups in total. The number of benzene rings is 1. The van der Waals surface area contributed by atoms with Crippen LogP contribution in [-0.2, 0) is 28.7 Å². The van der Waals surface area contributed by atoms with E-state index in [0.29, 0.717) is 23.6 Å². The van der Waals surface area contributed by atoms with Crippen LogP contribution in [0.25, 0.3) is 0 Å². The molecule has 0 bridgehead atoms. The number of Topliss-reactive ketones (excluding diaryl/α,β-unsaturated/α-hetero) is 1. The minimum absolute atomic E-state index is 0.0284. The van der Waals surface area contributed by atoms with E-state index in [0.717, 1.165) is 44.9 Å². The fourth-order valence-electron chi connectivity index (χ4n) is 7.22. The van der Waals surface area contributed by atoms with Gasteiger partial charge >= 0.3 is 6.09 Å². The smallest absolute Gasteiger partial charge is 0.415 e. The van der Waals surface area contributed by atoms with Gasteiger partial charge < -0.3 is 25.6 Å². The normalized spacial score (nSPS) is 23.9. The Morgan fingerprint density at radius 2 is 1.73 bits per heavy atom. The second-order valence-electron chi connectivity index (χ2n) is 15.3. The van der Waals surface area contributed by atoms with Crippen LogP contribution >= 0.6 is 11.6 Å². The summed E-state index contributed by atoms with van der Waals surface area (Å²) in [6, 6.07) is 3.52. The van der Waals surface area contributed by atoms with Crippen LogP contribution < -0.4 is 20.9 Å². The van der Waals surface area contributed by atoms with Gasteiger partial charge in [0.1, 0.15) is 12.1 Å². The molecule has 0 unspecified atom stereocenters. The van der Waals surface area contributed by atoms with Crippen molar-refractivity contribution in [3.63, 3.8) is 0 Å². The third-order valence-corrected chi connectivity index (χ3v) is 10.3. The molecule has 13 heteroatoms. The van der Waals surface area contributed by atoms with Crippen LogP contribution in [-0.4, -0.2) is 83.3 Å². The number of nitrogens with zero attached hydrogens (tertiary/aromatic N) is 2. The monoisotopic (exact) mass is 699 g/mol. The molecule has 4 atom stereocenters. The van der Waals surface area contributed by atoms with E-state index < -0.39 is 58.7 Å². The Morgan fingerprint density at radius 3 is 2.37 bits per heavy atom. The van der Waals surface area contributed by atoms with Gasteiger partial charge in [-0.2, -0.15) is 0 Å². The molecule has 2 heterocycles. The van der Waals surface area contributed by atoms with E-state index in [4.69, 9.17) is 16.3 Å². The van der Waals surface area contributed by atoms with Crippen LogP contribution in [0.4, 0.5) is 10.5 Å². The second kappa shape index (κ2) is 15.1. The molecule has 5 rings (SSSR count). The SMILES string of the molecule is CCC[C@H](NC(=O)[C@@H]1C[C@@]2(CN(c3cccc(Cl)c3)C(=O)O2)CN1C(=O)[C@@H](NC(=O)CC1CCCCC1)C(C)(C)C)C(=O)C(=O)NC1CC1. The van der Waals surface area contributed by atoms with Crippen LogP contribution in [0.1, 0.15) is 98.3 Å². The number of carbonyl (C=O) groups excluding carboxylic acids is 6. The van der Waals surface area contributed by atoms with Crippen molar-refractivity contribution in [3.05, 3.63) is 29.3 Å². The maximum absolute atomic E-state index is 14.6. The molecule has 1 aromatic carbocycles.